The molecule has 0 saturated heterocycles. The second-order valence-electron chi connectivity index (χ2n) is 7.04. The van der Waals surface area contributed by atoms with Gasteiger partial charge in [0.05, 0.1) is 0 Å². The first-order valence-corrected chi connectivity index (χ1v) is 9.77. The van der Waals surface area contributed by atoms with E-state index < -0.39 is 0 Å². The molecular formula is C20H27Cl2Y-. The molecule has 0 N–H and O–H groups in total. The van der Waals surface area contributed by atoms with E-state index in [0.717, 1.165) is 12.8 Å². The molecule has 1 fully saturated rings. The summed E-state index contributed by atoms with van der Waals surface area (Å²) in [5.74, 6) is 0.975. The monoisotopic (exact) mass is 426 g/mol. The van der Waals surface area contributed by atoms with Gasteiger partial charge in [-0.2, -0.15) is 6.42 Å². The van der Waals surface area contributed by atoms with Gasteiger partial charge in [0.15, 0.2) is 0 Å². The molecule has 0 aromatic heterocycles. The summed E-state index contributed by atoms with van der Waals surface area (Å²) >= 11 is 13.3. The summed E-state index contributed by atoms with van der Waals surface area (Å²) in [5, 5.41) is 0.431. The zero-order valence-corrected chi connectivity index (χ0v) is 18.3. The molecule has 0 amide bonds. The predicted molar refractivity (Wildman–Crippen MR) is 97.0 cm³/mol. The van der Waals surface area contributed by atoms with Gasteiger partial charge in [-0.15, -0.1) is 23.2 Å². The minimum atomic E-state index is 0. The fourth-order valence-electron chi connectivity index (χ4n) is 4.38. The van der Waals surface area contributed by atoms with E-state index in [1.54, 1.807) is 11.1 Å². The third-order valence-electron chi connectivity index (χ3n) is 5.56. The van der Waals surface area contributed by atoms with E-state index in [0.29, 0.717) is 11.8 Å². The topological polar surface area (TPSA) is 0 Å². The van der Waals surface area contributed by atoms with Crippen molar-refractivity contribution >= 4 is 23.2 Å². The van der Waals surface area contributed by atoms with Crippen LogP contribution >= 0.6 is 23.2 Å². The molecule has 1 aromatic rings. The standard InChI is InChI=1S/C20H27Cl2.Y/c1-2-3-4-5-9-17-18(21)13-19(22)20(17)16-11-10-14-7-6-8-15(14)12-16;/h10-12,17-20H,1-9,13H2;/q-1;. The molecule has 4 atom stereocenters. The zero-order valence-electron chi connectivity index (χ0n) is 13.9. The van der Waals surface area contributed by atoms with Crippen LogP contribution in [0, 0.1) is 12.8 Å². The molecule has 0 nitrogen and oxygen atoms in total. The Morgan fingerprint density at radius 1 is 1.00 bits per heavy atom. The van der Waals surface area contributed by atoms with Crippen LogP contribution < -0.4 is 0 Å². The number of alkyl halides is 2. The molecular weight excluding hydrogens is 400 g/mol. The van der Waals surface area contributed by atoms with Crippen LogP contribution in [0.3, 0.4) is 0 Å². The Hall–Kier alpha value is 0.904. The second-order valence-corrected chi connectivity index (χ2v) is 8.16. The number of rotatable bonds is 6. The number of hydrogen-bond donors (Lipinski definition) is 0. The Balaban J connectivity index is 0.00000192. The normalized spacial score (nSPS) is 29.3. The van der Waals surface area contributed by atoms with E-state index in [2.05, 4.69) is 25.1 Å². The van der Waals surface area contributed by atoms with Crippen molar-refractivity contribution in [1.29, 1.82) is 0 Å². The number of unbranched alkanes of at least 4 members (excludes halogenated alkanes) is 3. The summed E-state index contributed by atoms with van der Waals surface area (Å²) in [6.45, 7) is 3.93. The van der Waals surface area contributed by atoms with Crippen LogP contribution in [-0.4, -0.2) is 10.8 Å². The minimum Gasteiger partial charge on any atom is -0.343 e. The van der Waals surface area contributed by atoms with Crippen molar-refractivity contribution in [3.05, 3.63) is 41.8 Å². The van der Waals surface area contributed by atoms with Gasteiger partial charge in [0.25, 0.3) is 0 Å². The summed E-state index contributed by atoms with van der Waals surface area (Å²) in [4.78, 5) is 0. The zero-order chi connectivity index (χ0) is 15.5. The molecule has 125 valence electrons. The van der Waals surface area contributed by atoms with Crippen LogP contribution in [0.15, 0.2) is 18.2 Å². The number of fused-ring (bicyclic) bond motifs is 1. The molecule has 0 bridgehead atoms. The maximum atomic E-state index is 6.70. The first-order valence-electron chi connectivity index (χ1n) is 8.89. The van der Waals surface area contributed by atoms with Gasteiger partial charge < -0.3 is 6.92 Å². The molecule has 1 saturated carbocycles. The third kappa shape index (κ3) is 4.75. The maximum Gasteiger partial charge on any atom is 0.0421 e. The van der Waals surface area contributed by atoms with E-state index in [1.165, 1.54) is 50.5 Å². The quantitative estimate of drug-likeness (QED) is 0.285. The Kier molecular flexibility index (Phi) is 8.40. The van der Waals surface area contributed by atoms with Crippen molar-refractivity contribution in [2.75, 3.05) is 0 Å². The molecule has 3 rings (SSSR count). The molecule has 1 radical (unpaired) electrons. The van der Waals surface area contributed by atoms with Crippen LogP contribution in [-0.2, 0) is 45.6 Å². The van der Waals surface area contributed by atoms with Gasteiger partial charge in [0.1, 0.15) is 0 Å². The molecule has 0 spiro atoms. The summed E-state index contributed by atoms with van der Waals surface area (Å²) in [6.07, 6.45) is 10.7. The van der Waals surface area contributed by atoms with Gasteiger partial charge in [0, 0.05) is 49.4 Å². The van der Waals surface area contributed by atoms with Crippen molar-refractivity contribution < 1.29 is 32.7 Å². The average molecular weight is 427 g/mol. The van der Waals surface area contributed by atoms with Crippen molar-refractivity contribution in [1.82, 2.24) is 0 Å². The van der Waals surface area contributed by atoms with E-state index in [-0.39, 0.29) is 43.5 Å². The fraction of sp³-hybridized carbons (Fsp3) is 0.650. The Morgan fingerprint density at radius 3 is 2.57 bits per heavy atom. The van der Waals surface area contributed by atoms with Crippen molar-refractivity contribution in [3.63, 3.8) is 0 Å². The minimum absolute atomic E-state index is 0. The van der Waals surface area contributed by atoms with Crippen LogP contribution in [0.1, 0.15) is 67.6 Å². The second kappa shape index (κ2) is 9.56. The molecule has 3 heteroatoms. The summed E-state index contributed by atoms with van der Waals surface area (Å²) in [6, 6.07) is 7.09. The predicted octanol–water partition coefficient (Wildman–Crippen LogP) is 6.28. The van der Waals surface area contributed by atoms with E-state index in [4.69, 9.17) is 23.2 Å². The molecule has 23 heavy (non-hydrogen) atoms. The van der Waals surface area contributed by atoms with Crippen LogP contribution in [0.25, 0.3) is 0 Å². The van der Waals surface area contributed by atoms with Crippen LogP contribution in [0.2, 0.25) is 0 Å². The molecule has 2 aliphatic rings. The summed E-state index contributed by atoms with van der Waals surface area (Å²) in [5.41, 5.74) is 4.53. The van der Waals surface area contributed by atoms with E-state index in [9.17, 15) is 0 Å². The van der Waals surface area contributed by atoms with Crippen molar-refractivity contribution in [2.45, 2.75) is 74.5 Å². The van der Waals surface area contributed by atoms with Crippen LogP contribution in [0.5, 0.6) is 0 Å². The average Bonchev–Trinajstić information content (AvgIpc) is 3.07. The molecule has 0 aliphatic heterocycles. The molecule has 1 aromatic carbocycles. The smallest absolute Gasteiger partial charge is 0.0421 e. The Labute approximate surface area is 177 Å². The Bertz CT molecular complexity index is 502. The van der Waals surface area contributed by atoms with Gasteiger partial charge in [-0.05, 0) is 54.7 Å². The Morgan fingerprint density at radius 2 is 1.78 bits per heavy atom. The van der Waals surface area contributed by atoms with E-state index >= 15 is 0 Å². The van der Waals surface area contributed by atoms with Gasteiger partial charge in [-0.1, -0.05) is 37.5 Å². The van der Waals surface area contributed by atoms with Crippen molar-refractivity contribution in [2.24, 2.45) is 5.92 Å². The summed E-state index contributed by atoms with van der Waals surface area (Å²) in [7, 11) is 0. The molecule has 2 aliphatic carbocycles. The first-order chi connectivity index (χ1) is 10.7. The summed E-state index contributed by atoms with van der Waals surface area (Å²) < 4.78 is 0. The number of halogens is 2. The first kappa shape index (κ1) is 20.2. The van der Waals surface area contributed by atoms with Gasteiger partial charge >= 0.3 is 0 Å². The van der Waals surface area contributed by atoms with Crippen LogP contribution in [0.4, 0.5) is 0 Å². The third-order valence-corrected chi connectivity index (χ3v) is 6.51. The largest absolute Gasteiger partial charge is 0.343 e. The maximum absolute atomic E-state index is 6.70. The SMILES string of the molecule is [CH2-]CCCCCC1C(Cl)CC(Cl)C1c1ccc2c(c1)CCC2.[Y]. The van der Waals surface area contributed by atoms with Gasteiger partial charge in [-0.25, -0.2) is 0 Å². The molecule has 0 heterocycles. The number of benzene rings is 1. The number of hydrogen-bond acceptors (Lipinski definition) is 0. The molecule has 4 unspecified atom stereocenters. The fourth-order valence-corrected chi connectivity index (χ4v) is 5.47. The van der Waals surface area contributed by atoms with E-state index in [1.807, 2.05) is 0 Å². The van der Waals surface area contributed by atoms with Crippen molar-refractivity contribution in [3.8, 4) is 0 Å². The number of aryl methyl sites for hydroxylation is 2. The van der Waals surface area contributed by atoms with Gasteiger partial charge in [0.2, 0.25) is 0 Å². The van der Waals surface area contributed by atoms with Gasteiger partial charge in [-0.3, -0.25) is 0 Å².